The van der Waals surface area contributed by atoms with Gasteiger partial charge in [-0.3, -0.25) is 0 Å². The molecule has 38 heavy (non-hydrogen) atoms. The van der Waals surface area contributed by atoms with Gasteiger partial charge in [0.05, 0.1) is 0 Å². The SMILES string of the molecule is O=S(=O)([O-])C(F)C(F)(F)C(F)(F)C(F)(F)C(F)(F)C(F)(F)C(F)(F)C(F)(F)C(F)(F)C(F)C(F)C(F)F.[K+]. The summed E-state index contributed by atoms with van der Waals surface area (Å²) in [5, 5.41) is 0. The molecule has 3 unspecified atom stereocenters. The number of hydrogen-bond donors (Lipinski definition) is 0. The summed E-state index contributed by atoms with van der Waals surface area (Å²) in [6, 6.07) is 0. The van der Waals surface area contributed by atoms with Gasteiger partial charge < -0.3 is 4.55 Å². The van der Waals surface area contributed by atoms with Gasteiger partial charge in [0.15, 0.2) is 6.17 Å². The molecule has 0 heterocycles. The first-order valence-corrected chi connectivity index (χ1v) is 9.32. The Morgan fingerprint density at radius 1 is 0.474 bits per heavy atom. The maximum atomic E-state index is 13.5. The summed E-state index contributed by atoms with van der Waals surface area (Å²) in [5.74, 6) is -70.1. The van der Waals surface area contributed by atoms with Crippen LogP contribution in [-0.4, -0.2) is 84.6 Å². The Labute approximate surface area is 237 Å². The van der Waals surface area contributed by atoms with Crippen LogP contribution in [0.15, 0.2) is 0 Å². The fourth-order valence-corrected chi connectivity index (χ4v) is 2.54. The zero-order valence-electron chi connectivity index (χ0n) is 16.9. The van der Waals surface area contributed by atoms with Crippen LogP contribution in [0.25, 0.3) is 0 Å². The molecule has 3 atom stereocenters. The van der Waals surface area contributed by atoms with E-state index in [2.05, 4.69) is 0 Å². The van der Waals surface area contributed by atoms with Gasteiger partial charge in [0.2, 0.25) is 6.17 Å². The average molecular weight is 666 g/mol. The van der Waals surface area contributed by atoms with Crippen LogP contribution in [0.2, 0.25) is 0 Å². The molecule has 0 radical (unpaired) electrons. The average Bonchev–Trinajstić information content (AvgIpc) is 2.69. The van der Waals surface area contributed by atoms with E-state index in [1.54, 1.807) is 0 Å². The molecule has 0 spiro atoms. The molecule has 0 aromatic rings. The second kappa shape index (κ2) is 11.1. The standard InChI is InChI=1S/C12H5F21O3S.K/c13-1(3(15)16)2(14)5(18,19)7(22,23)9(26,27)11(30,31)12(32,33)10(28,29)8(24,25)6(20,21)4(17)37(34,35)36;/h1-4H,(H,34,35,36);/q;+1/p-1. The summed E-state index contributed by atoms with van der Waals surface area (Å²) >= 11 is 0. The number of rotatable bonds is 12. The van der Waals surface area contributed by atoms with Crippen molar-refractivity contribution < 1.29 is 157 Å². The molecule has 26 heteroatoms. The maximum absolute atomic E-state index is 13.5. The molecule has 0 saturated heterocycles. The molecule has 0 fully saturated rings. The van der Waals surface area contributed by atoms with E-state index in [0.717, 1.165) is 0 Å². The van der Waals surface area contributed by atoms with Gasteiger partial charge in [-0.2, -0.15) is 70.2 Å². The molecule has 0 aromatic heterocycles. The Morgan fingerprint density at radius 3 is 0.947 bits per heavy atom. The summed E-state index contributed by atoms with van der Waals surface area (Å²) in [7, 11) is -7.60. The molecule has 0 aliphatic heterocycles. The first-order chi connectivity index (χ1) is 15.7. The predicted molar refractivity (Wildman–Crippen MR) is 70.0 cm³/mol. The third-order valence-corrected chi connectivity index (χ3v) is 5.02. The zero-order valence-corrected chi connectivity index (χ0v) is 20.8. The second-order valence-corrected chi connectivity index (χ2v) is 8.08. The van der Waals surface area contributed by atoms with Crippen LogP contribution < -0.4 is 51.4 Å². The van der Waals surface area contributed by atoms with Gasteiger partial charge in [0.25, 0.3) is 11.9 Å². The Kier molecular flexibility index (Phi) is 11.7. The molecular weight excluding hydrogens is 662 g/mol. The molecule has 0 aromatic carbocycles. The van der Waals surface area contributed by atoms with Crippen molar-refractivity contribution in [3.63, 3.8) is 0 Å². The number of halogens is 21. The van der Waals surface area contributed by atoms with E-state index in [4.69, 9.17) is 0 Å². The van der Waals surface area contributed by atoms with Crippen LogP contribution in [0.5, 0.6) is 0 Å². The summed E-state index contributed by atoms with van der Waals surface area (Å²) < 4.78 is 306. The topological polar surface area (TPSA) is 57.2 Å². The third-order valence-electron chi connectivity index (χ3n) is 4.21. The molecule has 0 rings (SSSR count). The Balaban J connectivity index is 0. The predicted octanol–water partition coefficient (Wildman–Crippen LogP) is 2.85. The maximum Gasteiger partial charge on any atom is 1.00 e. The smallest absolute Gasteiger partial charge is 0.746 e. The van der Waals surface area contributed by atoms with E-state index in [1.165, 1.54) is 0 Å². The molecule has 0 aliphatic carbocycles. The third kappa shape index (κ3) is 5.59. The first-order valence-electron chi connectivity index (χ1n) is 7.84. The molecule has 0 aliphatic rings. The summed E-state index contributed by atoms with van der Waals surface area (Å²) in [4.78, 5) is 0. The monoisotopic (exact) mass is 666 g/mol. The van der Waals surface area contributed by atoms with Crippen LogP contribution >= 0.6 is 0 Å². The second-order valence-electron chi connectivity index (χ2n) is 6.68. The minimum absolute atomic E-state index is 0. The molecule has 0 N–H and O–H groups in total. The van der Waals surface area contributed by atoms with Crippen molar-refractivity contribution in [2.24, 2.45) is 0 Å². The molecule has 0 amide bonds. The van der Waals surface area contributed by atoms with Gasteiger partial charge in [-0.1, -0.05) is 0 Å². The molecular formula is C12H4F21KO3S. The van der Waals surface area contributed by atoms with Crippen molar-refractivity contribution in [3.05, 3.63) is 0 Å². The number of hydrogen-bond acceptors (Lipinski definition) is 3. The Hall–Kier alpha value is 0.0764. The molecule has 3 nitrogen and oxygen atoms in total. The van der Waals surface area contributed by atoms with E-state index < -0.39 is 81.8 Å². The number of alkyl halides is 21. The van der Waals surface area contributed by atoms with Crippen molar-refractivity contribution >= 4 is 10.1 Å². The van der Waals surface area contributed by atoms with Gasteiger partial charge in [-0.15, -0.1) is 0 Å². The minimum Gasteiger partial charge on any atom is -0.746 e. The minimum atomic E-state index is -9.22. The van der Waals surface area contributed by atoms with Crippen molar-refractivity contribution in [2.45, 2.75) is 71.7 Å². The van der Waals surface area contributed by atoms with E-state index in [9.17, 15) is 105 Å². The zero-order chi connectivity index (χ0) is 30.8. The van der Waals surface area contributed by atoms with Crippen molar-refractivity contribution in [1.82, 2.24) is 0 Å². The van der Waals surface area contributed by atoms with Crippen LogP contribution in [0.4, 0.5) is 92.2 Å². The van der Waals surface area contributed by atoms with Crippen molar-refractivity contribution in [3.8, 4) is 0 Å². The molecule has 0 bridgehead atoms. The Bertz CT molecular complexity index is 934. The largest absolute Gasteiger partial charge is 1.00 e. The van der Waals surface area contributed by atoms with E-state index >= 15 is 0 Å². The van der Waals surface area contributed by atoms with Crippen LogP contribution in [0.1, 0.15) is 0 Å². The van der Waals surface area contributed by atoms with Gasteiger partial charge >= 0.3 is 98.8 Å². The Morgan fingerprint density at radius 2 is 0.711 bits per heavy atom. The van der Waals surface area contributed by atoms with Crippen LogP contribution in [0, 0.1) is 0 Å². The van der Waals surface area contributed by atoms with Crippen molar-refractivity contribution in [2.75, 3.05) is 0 Å². The first kappa shape index (κ1) is 40.2. The van der Waals surface area contributed by atoms with Crippen molar-refractivity contribution in [1.29, 1.82) is 0 Å². The fraction of sp³-hybridized carbons (Fsp3) is 1.00. The molecule has 0 saturated carbocycles. The van der Waals surface area contributed by atoms with E-state index in [-0.39, 0.29) is 51.4 Å². The van der Waals surface area contributed by atoms with Crippen LogP contribution in [-0.2, 0) is 10.1 Å². The van der Waals surface area contributed by atoms with Crippen LogP contribution in [0.3, 0.4) is 0 Å². The van der Waals surface area contributed by atoms with E-state index in [1.807, 2.05) is 0 Å². The quantitative estimate of drug-likeness (QED) is 0.183. The van der Waals surface area contributed by atoms with Gasteiger partial charge in [-0.05, 0) is 0 Å². The summed E-state index contributed by atoms with van der Waals surface area (Å²) in [6.07, 6.45) is -16.5. The van der Waals surface area contributed by atoms with E-state index in [0.29, 0.717) is 0 Å². The molecule has 224 valence electrons. The van der Waals surface area contributed by atoms with Gasteiger partial charge in [0.1, 0.15) is 10.1 Å². The summed E-state index contributed by atoms with van der Waals surface area (Å²) in [6.45, 7) is 0. The summed E-state index contributed by atoms with van der Waals surface area (Å²) in [5.41, 5.74) is -6.25. The van der Waals surface area contributed by atoms with Gasteiger partial charge in [-0.25, -0.2) is 30.4 Å². The van der Waals surface area contributed by atoms with Gasteiger partial charge in [0, 0.05) is 0 Å². The fourth-order valence-electron chi connectivity index (χ4n) is 2.03. The normalized spacial score (nSPS) is 18.2.